The highest BCUT2D eigenvalue weighted by Crippen LogP contribution is 2.16. The average molecular weight is 258 g/mol. The number of fused-ring (bicyclic) bond motifs is 1. The number of para-hydroxylation sites is 1. The van der Waals surface area contributed by atoms with E-state index in [1.54, 1.807) is 30.5 Å². The molecule has 94 valence electrons. The molecule has 0 N–H and O–H groups in total. The first kappa shape index (κ1) is 12.1. The van der Waals surface area contributed by atoms with Crippen molar-refractivity contribution < 1.29 is 4.79 Å². The lowest BCUT2D eigenvalue weighted by Gasteiger charge is -2.03. The van der Waals surface area contributed by atoms with E-state index in [9.17, 15) is 4.79 Å². The third kappa shape index (κ3) is 2.15. The number of carbonyl (C=O) groups excluding carboxylic acids is 1. The van der Waals surface area contributed by atoms with Gasteiger partial charge in [0.15, 0.2) is 5.78 Å². The molecule has 2 aromatic carbocycles. The molecule has 1 aromatic heterocycles. The summed E-state index contributed by atoms with van der Waals surface area (Å²) in [4.78, 5) is 16.7. The predicted molar refractivity (Wildman–Crippen MR) is 76.3 cm³/mol. The summed E-state index contributed by atoms with van der Waals surface area (Å²) >= 11 is 0. The summed E-state index contributed by atoms with van der Waals surface area (Å²) in [6, 6.07) is 18.1. The molecule has 3 nitrogen and oxygen atoms in total. The predicted octanol–water partition coefficient (Wildman–Crippen LogP) is 3.34. The summed E-state index contributed by atoms with van der Waals surface area (Å²) in [6.07, 6.45) is 1.59. The molecule has 0 unspecified atom stereocenters. The number of aromatic nitrogens is 1. The van der Waals surface area contributed by atoms with E-state index in [4.69, 9.17) is 5.26 Å². The van der Waals surface area contributed by atoms with Crippen LogP contribution in [0.25, 0.3) is 10.9 Å². The van der Waals surface area contributed by atoms with Crippen LogP contribution in [-0.2, 0) is 0 Å². The molecule has 0 aliphatic rings. The van der Waals surface area contributed by atoms with Crippen molar-refractivity contribution >= 4 is 16.7 Å². The van der Waals surface area contributed by atoms with Gasteiger partial charge < -0.3 is 0 Å². The molecule has 0 aliphatic heterocycles. The number of benzene rings is 2. The molecule has 0 atom stereocenters. The maximum atomic E-state index is 12.4. The van der Waals surface area contributed by atoms with Gasteiger partial charge in [0.25, 0.3) is 0 Å². The number of ketones is 1. The Balaban J connectivity index is 2.01. The first-order chi connectivity index (χ1) is 9.78. The van der Waals surface area contributed by atoms with E-state index < -0.39 is 0 Å². The average Bonchev–Trinajstić information content (AvgIpc) is 2.54. The number of hydrogen-bond donors (Lipinski definition) is 0. The molecule has 3 rings (SSSR count). The van der Waals surface area contributed by atoms with Crippen LogP contribution in [0.15, 0.2) is 60.8 Å². The zero-order chi connectivity index (χ0) is 13.9. The molecular formula is C17H10N2O. The molecule has 0 aliphatic carbocycles. The second kappa shape index (κ2) is 4.94. The number of hydrogen-bond acceptors (Lipinski definition) is 3. The van der Waals surface area contributed by atoms with Gasteiger partial charge >= 0.3 is 0 Å². The van der Waals surface area contributed by atoms with E-state index in [0.29, 0.717) is 16.7 Å². The molecule has 0 spiro atoms. The number of carbonyl (C=O) groups is 1. The van der Waals surface area contributed by atoms with Gasteiger partial charge in [-0.2, -0.15) is 5.26 Å². The summed E-state index contributed by atoms with van der Waals surface area (Å²) < 4.78 is 0. The number of rotatable bonds is 2. The summed E-state index contributed by atoms with van der Waals surface area (Å²) in [6.45, 7) is 0. The third-order valence-electron chi connectivity index (χ3n) is 3.13. The van der Waals surface area contributed by atoms with Gasteiger partial charge in [-0.25, -0.2) is 0 Å². The molecule has 0 bridgehead atoms. The normalized spacial score (nSPS) is 10.2. The van der Waals surface area contributed by atoms with Crippen molar-refractivity contribution in [1.82, 2.24) is 4.98 Å². The van der Waals surface area contributed by atoms with Crippen LogP contribution in [0.5, 0.6) is 0 Å². The lowest BCUT2D eigenvalue weighted by molar-refractivity contribution is 0.103. The molecule has 0 fully saturated rings. The number of nitrogens with zero attached hydrogens (tertiary/aromatic N) is 2. The van der Waals surface area contributed by atoms with Gasteiger partial charge in [-0.05, 0) is 36.4 Å². The fourth-order valence-electron chi connectivity index (χ4n) is 2.06. The van der Waals surface area contributed by atoms with Crippen LogP contribution < -0.4 is 0 Å². The lowest BCUT2D eigenvalue weighted by atomic mass is 10.0. The fourth-order valence-corrected chi connectivity index (χ4v) is 2.06. The first-order valence-corrected chi connectivity index (χ1v) is 6.17. The van der Waals surface area contributed by atoms with Crippen LogP contribution in [-0.4, -0.2) is 10.8 Å². The van der Waals surface area contributed by atoms with Gasteiger partial charge in [0.1, 0.15) is 0 Å². The smallest absolute Gasteiger partial charge is 0.194 e. The minimum Gasteiger partial charge on any atom is -0.289 e. The fraction of sp³-hybridized carbons (Fsp3) is 0. The van der Waals surface area contributed by atoms with Crippen molar-refractivity contribution in [2.45, 2.75) is 0 Å². The Morgan fingerprint density at radius 2 is 1.75 bits per heavy atom. The second-order valence-electron chi connectivity index (χ2n) is 4.43. The Bertz CT molecular complexity index is 829. The summed E-state index contributed by atoms with van der Waals surface area (Å²) in [5.41, 5.74) is 2.51. The van der Waals surface area contributed by atoms with Crippen molar-refractivity contribution in [2.75, 3.05) is 0 Å². The highest BCUT2D eigenvalue weighted by molar-refractivity contribution is 6.10. The van der Waals surface area contributed by atoms with Crippen LogP contribution in [0.2, 0.25) is 0 Å². The topological polar surface area (TPSA) is 53.8 Å². The number of pyridine rings is 1. The zero-order valence-corrected chi connectivity index (χ0v) is 10.6. The van der Waals surface area contributed by atoms with Gasteiger partial charge in [-0.3, -0.25) is 9.78 Å². The lowest BCUT2D eigenvalue weighted by Crippen LogP contribution is -2.02. The molecule has 0 saturated carbocycles. The van der Waals surface area contributed by atoms with Crippen molar-refractivity contribution in [2.24, 2.45) is 0 Å². The molecule has 3 heteroatoms. The molecule has 0 amide bonds. The maximum absolute atomic E-state index is 12.4. The van der Waals surface area contributed by atoms with Crippen LogP contribution in [0.1, 0.15) is 21.5 Å². The Hall–Kier alpha value is -2.99. The molecule has 0 saturated heterocycles. The van der Waals surface area contributed by atoms with E-state index >= 15 is 0 Å². The molecule has 20 heavy (non-hydrogen) atoms. The van der Waals surface area contributed by atoms with Crippen LogP contribution in [0, 0.1) is 11.3 Å². The standard InChI is InChI=1S/C17H10N2O/c18-10-12-5-7-13(8-6-12)17(20)15-9-14-3-1-2-4-16(14)19-11-15/h1-9,11H. The molecule has 1 heterocycles. The molecule has 3 aromatic rings. The summed E-state index contributed by atoms with van der Waals surface area (Å²) in [7, 11) is 0. The van der Waals surface area contributed by atoms with Crippen LogP contribution >= 0.6 is 0 Å². The van der Waals surface area contributed by atoms with E-state index in [0.717, 1.165) is 10.9 Å². The minimum absolute atomic E-state index is 0.0901. The Morgan fingerprint density at radius 1 is 1.00 bits per heavy atom. The molecular weight excluding hydrogens is 248 g/mol. The highest BCUT2D eigenvalue weighted by atomic mass is 16.1. The summed E-state index contributed by atoms with van der Waals surface area (Å²) in [5.74, 6) is -0.0901. The Morgan fingerprint density at radius 3 is 2.50 bits per heavy atom. The van der Waals surface area contributed by atoms with Crippen molar-refractivity contribution in [3.8, 4) is 6.07 Å². The second-order valence-corrected chi connectivity index (χ2v) is 4.43. The van der Waals surface area contributed by atoms with Crippen molar-refractivity contribution in [3.05, 3.63) is 77.5 Å². The summed E-state index contributed by atoms with van der Waals surface area (Å²) in [5, 5.41) is 9.69. The quantitative estimate of drug-likeness (QED) is 0.662. The van der Waals surface area contributed by atoms with Crippen LogP contribution in [0.3, 0.4) is 0 Å². The number of nitriles is 1. The van der Waals surface area contributed by atoms with Gasteiger partial charge in [-0.1, -0.05) is 18.2 Å². The Labute approximate surface area is 116 Å². The van der Waals surface area contributed by atoms with Gasteiger partial charge in [-0.15, -0.1) is 0 Å². The SMILES string of the molecule is N#Cc1ccc(C(=O)c2cnc3ccccc3c2)cc1. The van der Waals surface area contributed by atoms with Crippen molar-refractivity contribution in [1.29, 1.82) is 5.26 Å². The van der Waals surface area contributed by atoms with Crippen LogP contribution in [0.4, 0.5) is 0 Å². The van der Waals surface area contributed by atoms with E-state index in [1.807, 2.05) is 36.4 Å². The zero-order valence-electron chi connectivity index (χ0n) is 10.6. The third-order valence-corrected chi connectivity index (χ3v) is 3.13. The van der Waals surface area contributed by atoms with E-state index in [1.165, 1.54) is 0 Å². The van der Waals surface area contributed by atoms with E-state index in [-0.39, 0.29) is 5.78 Å². The first-order valence-electron chi connectivity index (χ1n) is 6.17. The van der Waals surface area contributed by atoms with Gasteiger partial charge in [0.05, 0.1) is 17.1 Å². The van der Waals surface area contributed by atoms with E-state index in [2.05, 4.69) is 4.98 Å². The maximum Gasteiger partial charge on any atom is 0.194 e. The highest BCUT2D eigenvalue weighted by Gasteiger charge is 2.10. The van der Waals surface area contributed by atoms with Crippen molar-refractivity contribution in [3.63, 3.8) is 0 Å². The Kier molecular flexibility index (Phi) is 2.98. The minimum atomic E-state index is -0.0901. The monoisotopic (exact) mass is 258 g/mol. The largest absolute Gasteiger partial charge is 0.289 e. The van der Waals surface area contributed by atoms with Gasteiger partial charge in [0, 0.05) is 22.7 Å². The molecule has 0 radical (unpaired) electrons. The van der Waals surface area contributed by atoms with Gasteiger partial charge in [0.2, 0.25) is 0 Å².